The maximum Gasteiger partial charge on any atom is 0.307 e. The van der Waals surface area contributed by atoms with Crippen LogP contribution in [0.2, 0.25) is 0 Å². The third kappa shape index (κ3) is 5.90. The highest BCUT2D eigenvalue weighted by molar-refractivity contribution is 5.91. The normalized spacial score (nSPS) is 17.5. The zero-order valence-electron chi connectivity index (χ0n) is 13.4. The van der Waals surface area contributed by atoms with Crippen molar-refractivity contribution in [1.82, 2.24) is 4.90 Å². The summed E-state index contributed by atoms with van der Waals surface area (Å²) in [5.74, 6) is 0.148. The van der Waals surface area contributed by atoms with E-state index in [1.54, 1.807) is 36.3 Å². The van der Waals surface area contributed by atoms with E-state index in [-0.39, 0.29) is 24.4 Å². The van der Waals surface area contributed by atoms with Crippen LogP contribution in [0.1, 0.15) is 31.9 Å². The number of amides is 1. The van der Waals surface area contributed by atoms with Crippen molar-refractivity contribution >= 4 is 18.0 Å². The molecule has 0 aliphatic carbocycles. The maximum atomic E-state index is 12.4. The molecule has 0 saturated carbocycles. The molecule has 0 radical (unpaired) electrons. The minimum Gasteiger partial charge on any atom is -0.466 e. The fourth-order valence-electron chi connectivity index (χ4n) is 2.43. The van der Waals surface area contributed by atoms with E-state index >= 15 is 0 Å². The number of hydrogen-bond acceptors (Lipinski definition) is 5. The van der Waals surface area contributed by atoms with Crippen molar-refractivity contribution in [3.05, 3.63) is 30.2 Å². The number of esters is 1. The van der Waals surface area contributed by atoms with Gasteiger partial charge < -0.3 is 18.8 Å². The third-order valence-corrected chi connectivity index (χ3v) is 3.58. The molecule has 1 fully saturated rings. The zero-order valence-corrected chi connectivity index (χ0v) is 13.4. The summed E-state index contributed by atoms with van der Waals surface area (Å²) >= 11 is 0. The topological polar surface area (TPSA) is 69.0 Å². The molecule has 23 heavy (non-hydrogen) atoms. The summed E-state index contributed by atoms with van der Waals surface area (Å²) in [6, 6.07) is 3.53. The molecule has 0 spiro atoms. The smallest absolute Gasteiger partial charge is 0.307 e. The van der Waals surface area contributed by atoms with Crippen LogP contribution >= 0.6 is 0 Å². The number of carbonyl (C=O) groups is 2. The predicted octanol–water partition coefficient (Wildman–Crippen LogP) is 2.25. The number of furan rings is 1. The Labute approximate surface area is 136 Å². The lowest BCUT2D eigenvalue weighted by Gasteiger charge is -2.24. The average molecular weight is 321 g/mol. The van der Waals surface area contributed by atoms with Crippen LogP contribution < -0.4 is 0 Å². The summed E-state index contributed by atoms with van der Waals surface area (Å²) in [5, 5.41) is 0. The van der Waals surface area contributed by atoms with Gasteiger partial charge in [0, 0.05) is 25.8 Å². The third-order valence-electron chi connectivity index (χ3n) is 3.58. The molecular formula is C17H23NO5. The molecule has 1 saturated heterocycles. The molecule has 1 aromatic rings. The van der Waals surface area contributed by atoms with Gasteiger partial charge in [0.2, 0.25) is 5.91 Å². The molecule has 126 valence electrons. The molecule has 1 aromatic heterocycles. The first-order chi connectivity index (χ1) is 11.2. The van der Waals surface area contributed by atoms with Gasteiger partial charge >= 0.3 is 5.97 Å². The molecule has 6 heteroatoms. The number of ether oxygens (including phenoxy) is 2. The fourth-order valence-corrected chi connectivity index (χ4v) is 2.43. The Balaban J connectivity index is 1.93. The second kappa shape index (κ2) is 9.15. The quantitative estimate of drug-likeness (QED) is 0.542. The molecule has 1 aliphatic heterocycles. The van der Waals surface area contributed by atoms with Crippen molar-refractivity contribution in [3.63, 3.8) is 0 Å². The highest BCUT2D eigenvalue weighted by atomic mass is 16.5. The molecule has 1 aliphatic rings. The number of nitrogens with zero attached hydrogens (tertiary/aromatic N) is 1. The summed E-state index contributed by atoms with van der Waals surface area (Å²) < 4.78 is 15.7. The van der Waals surface area contributed by atoms with Gasteiger partial charge in [-0.25, -0.2) is 0 Å². The number of rotatable bonds is 8. The Bertz CT molecular complexity index is 517. The van der Waals surface area contributed by atoms with Gasteiger partial charge in [-0.05, 0) is 38.0 Å². The van der Waals surface area contributed by atoms with Gasteiger partial charge in [0.1, 0.15) is 5.76 Å². The zero-order chi connectivity index (χ0) is 16.5. The fraction of sp³-hybridized carbons (Fsp3) is 0.529. The molecule has 6 nitrogen and oxygen atoms in total. The maximum absolute atomic E-state index is 12.4. The monoisotopic (exact) mass is 321 g/mol. The van der Waals surface area contributed by atoms with Crippen LogP contribution in [-0.4, -0.2) is 49.2 Å². The first-order valence-electron chi connectivity index (χ1n) is 7.96. The highest BCUT2D eigenvalue weighted by Crippen LogP contribution is 2.14. The summed E-state index contributed by atoms with van der Waals surface area (Å²) in [5.41, 5.74) is 0. The lowest BCUT2D eigenvalue weighted by Crippen LogP contribution is -2.38. The minimum atomic E-state index is -0.298. The van der Waals surface area contributed by atoms with Gasteiger partial charge in [0.15, 0.2) is 0 Å². The van der Waals surface area contributed by atoms with Gasteiger partial charge in [-0.1, -0.05) is 0 Å². The number of carbonyl (C=O) groups excluding carboxylic acids is 2. The summed E-state index contributed by atoms with van der Waals surface area (Å²) in [6.07, 6.45) is 6.79. The van der Waals surface area contributed by atoms with Gasteiger partial charge in [-0.2, -0.15) is 0 Å². The molecule has 0 N–H and O–H groups in total. The first-order valence-corrected chi connectivity index (χ1v) is 7.96. The van der Waals surface area contributed by atoms with Crippen molar-refractivity contribution in [2.24, 2.45) is 0 Å². The van der Waals surface area contributed by atoms with Crippen molar-refractivity contribution < 1.29 is 23.5 Å². The Hall–Kier alpha value is -2.08. The molecule has 1 amide bonds. The van der Waals surface area contributed by atoms with E-state index in [0.29, 0.717) is 25.5 Å². The van der Waals surface area contributed by atoms with E-state index in [1.807, 2.05) is 0 Å². The van der Waals surface area contributed by atoms with Crippen LogP contribution in [-0.2, 0) is 19.1 Å². The summed E-state index contributed by atoms with van der Waals surface area (Å²) in [7, 11) is 0. The standard InChI is InChI=1S/C17H23NO5/c1-2-21-17(20)9-10-18(13-15-6-4-12-23-15)16(19)8-7-14-5-3-11-22-14/h3,5,7-8,11,15H,2,4,6,9-10,12-13H2,1H3/b8-7+. The highest BCUT2D eigenvalue weighted by Gasteiger charge is 2.22. The second-order valence-electron chi connectivity index (χ2n) is 5.32. The van der Waals surface area contributed by atoms with E-state index < -0.39 is 0 Å². The van der Waals surface area contributed by atoms with Crippen molar-refractivity contribution in [3.8, 4) is 0 Å². The Morgan fingerprint density at radius 1 is 1.48 bits per heavy atom. The largest absolute Gasteiger partial charge is 0.466 e. The van der Waals surface area contributed by atoms with Crippen molar-refractivity contribution in [2.75, 3.05) is 26.3 Å². The summed E-state index contributed by atoms with van der Waals surface area (Å²) in [6.45, 7) is 3.64. The molecule has 1 unspecified atom stereocenters. The summed E-state index contributed by atoms with van der Waals surface area (Å²) in [4.78, 5) is 25.5. The molecule has 2 heterocycles. The van der Waals surface area contributed by atoms with Gasteiger partial charge in [-0.3, -0.25) is 9.59 Å². The second-order valence-corrected chi connectivity index (χ2v) is 5.32. The van der Waals surface area contributed by atoms with Crippen LogP contribution in [0.15, 0.2) is 28.9 Å². The van der Waals surface area contributed by atoms with Crippen LogP contribution in [0.3, 0.4) is 0 Å². The minimum absolute atomic E-state index is 0.0400. The van der Waals surface area contributed by atoms with Gasteiger partial charge in [0.05, 0.1) is 25.4 Å². The van der Waals surface area contributed by atoms with Crippen LogP contribution in [0.5, 0.6) is 0 Å². The van der Waals surface area contributed by atoms with E-state index in [0.717, 1.165) is 19.4 Å². The molecular weight excluding hydrogens is 298 g/mol. The molecule has 1 atom stereocenters. The van der Waals surface area contributed by atoms with Crippen LogP contribution in [0, 0.1) is 0 Å². The average Bonchev–Trinajstić information content (AvgIpc) is 3.22. The lowest BCUT2D eigenvalue weighted by molar-refractivity contribution is -0.144. The number of hydrogen-bond donors (Lipinski definition) is 0. The first kappa shape index (κ1) is 17.3. The van der Waals surface area contributed by atoms with Gasteiger partial charge in [-0.15, -0.1) is 0 Å². The van der Waals surface area contributed by atoms with Crippen LogP contribution in [0.25, 0.3) is 6.08 Å². The van der Waals surface area contributed by atoms with Crippen molar-refractivity contribution in [2.45, 2.75) is 32.3 Å². The molecule has 2 rings (SSSR count). The SMILES string of the molecule is CCOC(=O)CCN(CC1CCCO1)C(=O)/C=C/c1ccco1. The lowest BCUT2D eigenvalue weighted by atomic mass is 10.2. The molecule has 0 aromatic carbocycles. The van der Waals surface area contributed by atoms with E-state index in [9.17, 15) is 9.59 Å². The Kier molecular flexibility index (Phi) is 6.87. The van der Waals surface area contributed by atoms with E-state index in [4.69, 9.17) is 13.9 Å². The Morgan fingerprint density at radius 3 is 3.00 bits per heavy atom. The van der Waals surface area contributed by atoms with E-state index in [1.165, 1.54) is 6.08 Å². The predicted molar refractivity (Wildman–Crippen MR) is 84.5 cm³/mol. The van der Waals surface area contributed by atoms with Crippen molar-refractivity contribution in [1.29, 1.82) is 0 Å². The Morgan fingerprint density at radius 2 is 2.35 bits per heavy atom. The van der Waals surface area contributed by atoms with Crippen LogP contribution in [0.4, 0.5) is 0 Å². The molecule has 0 bridgehead atoms. The van der Waals surface area contributed by atoms with Gasteiger partial charge in [0.25, 0.3) is 0 Å². The van der Waals surface area contributed by atoms with E-state index in [2.05, 4.69) is 0 Å².